The SMILES string of the molecule is Cc1ccccc1CC(=O)OCC(=O)c1ccc(NC(=O)CC(C)C)cc1. The van der Waals surface area contributed by atoms with Crippen molar-refractivity contribution in [3.63, 3.8) is 0 Å². The summed E-state index contributed by atoms with van der Waals surface area (Å²) in [5.74, 6) is -0.502. The van der Waals surface area contributed by atoms with Crippen LogP contribution in [0.2, 0.25) is 0 Å². The Labute approximate surface area is 159 Å². The zero-order chi connectivity index (χ0) is 19.8. The Kier molecular flexibility index (Phi) is 7.29. The first-order chi connectivity index (χ1) is 12.8. The average molecular weight is 367 g/mol. The van der Waals surface area contributed by atoms with E-state index >= 15 is 0 Å². The van der Waals surface area contributed by atoms with Gasteiger partial charge in [0, 0.05) is 17.7 Å². The summed E-state index contributed by atoms with van der Waals surface area (Å²) in [6.07, 6.45) is 0.582. The lowest BCUT2D eigenvalue weighted by Crippen LogP contribution is -2.16. The van der Waals surface area contributed by atoms with E-state index in [0.717, 1.165) is 11.1 Å². The summed E-state index contributed by atoms with van der Waals surface area (Å²) in [6, 6.07) is 14.1. The van der Waals surface area contributed by atoms with Crippen LogP contribution in [0, 0.1) is 12.8 Å². The molecule has 1 amide bonds. The van der Waals surface area contributed by atoms with E-state index in [9.17, 15) is 14.4 Å². The smallest absolute Gasteiger partial charge is 0.310 e. The maximum atomic E-state index is 12.2. The molecule has 0 aliphatic heterocycles. The van der Waals surface area contributed by atoms with Gasteiger partial charge in [-0.1, -0.05) is 38.1 Å². The van der Waals surface area contributed by atoms with Crippen LogP contribution in [0.15, 0.2) is 48.5 Å². The van der Waals surface area contributed by atoms with Crippen molar-refractivity contribution in [3.05, 3.63) is 65.2 Å². The molecule has 1 N–H and O–H groups in total. The summed E-state index contributed by atoms with van der Waals surface area (Å²) in [5, 5.41) is 2.79. The van der Waals surface area contributed by atoms with Gasteiger partial charge in [0.1, 0.15) is 0 Å². The maximum Gasteiger partial charge on any atom is 0.310 e. The fourth-order valence-electron chi connectivity index (χ4n) is 2.57. The zero-order valence-electron chi connectivity index (χ0n) is 16.0. The van der Waals surface area contributed by atoms with E-state index in [4.69, 9.17) is 4.74 Å². The second kappa shape index (κ2) is 9.67. The number of Topliss-reactive ketones (excluding diaryl/α,β-unsaturated/α-hetero) is 1. The Morgan fingerprint density at radius 1 is 1.00 bits per heavy atom. The molecule has 0 aromatic heterocycles. The average Bonchev–Trinajstić information content (AvgIpc) is 2.61. The van der Waals surface area contributed by atoms with Crippen LogP contribution in [-0.4, -0.2) is 24.3 Å². The number of amides is 1. The molecule has 2 rings (SSSR count). The number of carbonyl (C=O) groups excluding carboxylic acids is 3. The Bertz CT molecular complexity index is 809. The molecule has 2 aromatic rings. The number of carbonyl (C=O) groups is 3. The van der Waals surface area contributed by atoms with Gasteiger partial charge in [-0.25, -0.2) is 0 Å². The van der Waals surface area contributed by atoms with Gasteiger partial charge in [-0.05, 0) is 48.2 Å². The number of anilines is 1. The Balaban J connectivity index is 1.84. The molecule has 0 fully saturated rings. The molecular weight excluding hydrogens is 342 g/mol. The van der Waals surface area contributed by atoms with Crippen molar-refractivity contribution < 1.29 is 19.1 Å². The Morgan fingerprint density at radius 2 is 1.67 bits per heavy atom. The van der Waals surface area contributed by atoms with Crippen molar-refractivity contribution in [3.8, 4) is 0 Å². The second-order valence-corrected chi connectivity index (χ2v) is 6.91. The minimum absolute atomic E-state index is 0.0609. The second-order valence-electron chi connectivity index (χ2n) is 6.91. The number of benzene rings is 2. The van der Waals surface area contributed by atoms with E-state index in [-0.39, 0.29) is 30.6 Å². The van der Waals surface area contributed by atoms with Gasteiger partial charge in [-0.15, -0.1) is 0 Å². The lowest BCUT2D eigenvalue weighted by molar-refractivity contribution is -0.141. The molecule has 0 aliphatic rings. The minimum Gasteiger partial charge on any atom is -0.457 e. The van der Waals surface area contributed by atoms with Gasteiger partial charge < -0.3 is 10.1 Å². The predicted molar refractivity (Wildman–Crippen MR) is 105 cm³/mol. The predicted octanol–water partition coefficient (Wildman–Crippen LogP) is 3.95. The monoisotopic (exact) mass is 367 g/mol. The summed E-state index contributed by atoms with van der Waals surface area (Å²) in [7, 11) is 0. The topological polar surface area (TPSA) is 72.5 Å². The molecule has 0 radical (unpaired) electrons. The van der Waals surface area contributed by atoms with Crippen molar-refractivity contribution in [2.24, 2.45) is 5.92 Å². The number of aryl methyl sites for hydroxylation is 1. The molecule has 0 heterocycles. The van der Waals surface area contributed by atoms with Gasteiger partial charge in [0.05, 0.1) is 6.42 Å². The van der Waals surface area contributed by atoms with Gasteiger partial charge in [-0.3, -0.25) is 14.4 Å². The molecule has 0 aliphatic carbocycles. The van der Waals surface area contributed by atoms with Gasteiger partial charge in [0.2, 0.25) is 5.91 Å². The molecule has 0 bridgehead atoms. The summed E-state index contributed by atoms with van der Waals surface area (Å²) in [6.45, 7) is 5.57. The highest BCUT2D eigenvalue weighted by atomic mass is 16.5. The quantitative estimate of drug-likeness (QED) is 0.566. The van der Waals surface area contributed by atoms with Crippen LogP contribution < -0.4 is 5.32 Å². The largest absolute Gasteiger partial charge is 0.457 e. The highest BCUT2D eigenvalue weighted by Crippen LogP contribution is 2.13. The summed E-state index contributed by atoms with van der Waals surface area (Å²) in [4.78, 5) is 35.9. The lowest BCUT2D eigenvalue weighted by Gasteiger charge is -2.09. The molecule has 5 heteroatoms. The lowest BCUT2D eigenvalue weighted by atomic mass is 10.1. The maximum absolute atomic E-state index is 12.2. The number of esters is 1. The summed E-state index contributed by atoms with van der Waals surface area (Å²) < 4.78 is 5.10. The van der Waals surface area contributed by atoms with Crippen molar-refractivity contribution in [1.82, 2.24) is 0 Å². The zero-order valence-corrected chi connectivity index (χ0v) is 16.0. The first-order valence-corrected chi connectivity index (χ1v) is 8.98. The third kappa shape index (κ3) is 6.70. The van der Waals surface area contributed by atoms with E-state index in [1.807, 2.05) is 45.0 Å². The third-order valence-electron chi connectivity index (χ3n) is 4.04. The highest BCUT2D eigenvalue weighted by Gasteiger charge is 2.12. The Hall–Kier alpha value is -2.95. The first-order valence-electron chi connectivity index (χ1n) is 8.98. The molecule has 27 heavy (non-hydrogen) atoms. The van der Waals surface area contributed by atoms with Crippen LogP contribution in [0.3, 0.4) is 0 Å². The third-order valence-corrected chi connectivity index (χ3v) is 4.04. The van der Waals surface area contributed by atoms with Gasteiger partial charge in [0.15, 0.2) is 12.4 Å². The number of ketones is 1. The number of rotatable bonds is 8. The van der Waals surface area contributed by atoms with Crippen LogP contribution in [0.4, 0.5) is 5.69 Å². The number of ether oxygens (including phenoxy) is 1. The molecule has 5 nitrogen and oxygen atoms in total. The number of nitrogens with one attached hydrogen (secondary N) is 1. The molecule has 0 spiro atoms. The van der Waals surface area contributed by atoms with E-state index in [2.05, 4.69) is 5.32 Å². The van der Waals surface area contributed by atoms with Gasteiger partial charge in [-0.2, -0.15) is 0 Å². The fourth-order valence-corrected chi connectivity index (χ4v) is 2.57. The highest BCUT2D eigenvalue weighted by molar-refractivity contribution is 5.99. The van der Waals surface area contributed by atoms with E-state index in [1.54, 1.807) is 24.3 Å². The van der Waals surface area contributed by atoms with Crippen molar-refractivity contribution >= 4 is 23.3 Å². The van der Waals surface area contributed by atoms with Crippen molar-refractivity contribution in [1.29, 1.82) is 0 Å². The van der Waals surface area contributed by atoms with Crippen LogP contribution in [0.25, 0.3) is 0 Å². The van der Waals surface area contributed by atoms with Gasteiger partial charge in [0.25, 0.3) is 0 Å². The molecule has 0 saturated carbocycles. The number of hydrogen-bond donors (Lipinski definition) is 1. The standard InChI is InChI=1S/C22H25NO4/c1-15(2)12-21(25)23-19-10-8-17(9-11-19)20(24)14-27-22(26)13-18-7-5-4-6-16(18)3/h4-11,15H,12-14H2,1-3H3,(H,23,25). The van der Waals surface area contributed by atoms with Gasteiger partial charge >= 0.3 is 5.97 Å². The van der Waals surface area contributed by atoms with E-state index < -0.39 is 5.97 Å². The Morgan fingerprint density at radius 3 is 2.30 bits per heavy atom. The van der Waals surface area contributed by atoms with Crippen LogP contribution in [0.5, 0.6) is 0 Å². The van der Waals surface area contributed by atoms with Crippen LogP contribution in [-0.2, 0) is 20.7 Å². The van der Waals surface area contributed by atoms with Crippen molar-refractivity contribution in [2.45, 2.75) is 33.6 Å². The van der Waals surface area contributed by atoms with Crippen LogP contribution in [0.1, 0.15) is 41.8 Å². The molecule has 2 aromatic carbocycles. The van der Waals surface area contributed by atoms with Crippen molar-refractivity contribution in [2.75, 3.05) is 11.9 Å². The molecule has 142 valence electrons. The first kappa shape index (κ1) is 20.4. The normalized spacial score (nSPS) is 10.5. The van der Waals surface area contributed by atoms with E-state index in [0.29, 0.717) is 17.7 Å². The molecule has 0 atom stereocenters. The number of hydrogen-bond acceptors (Lipinski definition) is 4. The fraction of sp³-hybridized carbons (Fsp3) is 0.318. The summed E-state index contributed by atoms with van der Waals surface area (Å²) >= 11 is 0. The van der Waals surface area contributed by atoms with E-state index in [1.165, 1.54) is 0 Å². The molecule has 0 saturated heterocycles. The van der Waals surface area contributed by atoms with Crippen LogP contribution >= 0.6 is 0 Å². The summed E-state index contributed by atoms with van der Waals surface area (Å²) in [5.41, 5.74) is 2.96. The molecule has 0 unspecified atom stereocenters. The minimum atomic E-state index is -0.435. The molecular formula is C22H25NO4.